The van der Waals surface area contributed by atoms with E-state index in [2.05, 4.69) is 46.4 Å². The highest BCUT2D eigenvalue weighted by atomic mass is 35.5. The van der Waals surface area contributed by atoms with E-state index in [0.717, 1.165) is 17.2 Å². The minimum atomic E-state index is -0.664. The van der Waals surface area contributed by atoms with Crippen LogP contribution in [0.4, 0.5) is 9.18 Å². The summed E-state index contributed by atoms with van der Waals surface area (Å²) < 4.78 is 18.5. The van der Waals surface area contributed by atoms with Gasteiger partial charge in [-0.1, -0.05) is 72.0 Å². The SMILES string of the molecule is O=C(NCC#Cc1cc(F)ncc1Cl)OCC1c2ccccc2-c2ccccc21. The Morgan fingerprint density at radius 3 is 2.48 bits per heavy atom. The second kappa shape index (κ2) is 8.34. The standard InChI is InChI=1S/C23H16ClFN2O2/c24-21-13-27-22(25)12-15(21)6-5-11-26-23(28)29-14-20-18-9-3-1-7-16(18)17-8-2-4-10-19(17)20/h1-4,7-10,12-13,20H,11,14H2,(H,26,28). The van der Waals surface area contributed by atoms with E-state index in [9.17, 15) is 9.18 Å². The molecule has 0 saturated carbocycles. The van der Waals surface area contributed by atoms with Crippen molar-refractivity contribution in [2.24, 2.45) is 0 Å². The second-order valence-corrected chi connectivity index (χ2v) is 6.87. The number of rotatable bonds is 3. The number of alkyl carbamates (subject to hydrolysis) is 1. The van der Waals surface area contributed by atoms with Crippen LogP contribution in [0, 0.1) is 17.8 Å². The fraction of sp³-hybridized carbons (Fsp3) is 0.130. The van der Waals surface area contributed by atoms with Crippen LogP contribution in [-0.2, 0) is 4.74 Å². The highest BCUT2D eigenvalue weighted by Gasteiger charge is 2.28. The molecule has 1 amide bonds. The molecule has 2 aromatic carbocycles. The first-order valence-corrected chi connectivity index (χ1v) is 9.40. The summed E-state index contributed by atoms with van der Waals surface area (Å²) in [6.45, 7) is 0.283. The van der Waals surface area contributed by atoms with E-state index in [0.29, 0.717) is 5.56 Å². The first-order chi connectivity index (χ1) is 14.1. The molecule has 3 aromatic rings. The summed E-state index contributed by atoms with van der Waals surface area (Å²) in [6, 6.07) is 17.4. The Labute approximate surface area is 172 Å². The van der Waals surface area contributed by atoms with E-state index in [1.165, 1.54) is 17.3 Å². The van der Waals surface area contributed by atoms with E-state index < -0.39 is 12.0 Å². The fourth-order valence-corrected chi connectivity index (χ4v) is 3.56. The molecule has 29 heavy (non-hydrogen) atoms. The molecule has 144 valence electrons. The number of carbonyl (C=O) groups is 1. The third-order valence-electron chi connectivity index (χ3n) is 4.71. The predicted molar refractivity (Wildman–Crippen MR) is 109 cm³/mol. The highest BCUT2D eigenvalue weighted by Crippen LogP contribution is 2.44. The molecular formula is C23H16ClFN2O2. The summed E-state index contributed by atoms with van der Waals surface area (Å²) >= 11 is 5.90. The summed E-state index contributed by atoms with van der Waals surface area (Å²) in [5, 5.41) is 2.82. The highest BCUT2D eigenvalue weighted by molar-refractivity contribution is 6.31. The number of aromatic nitrogens is 1. The van der Waals surface area contributed by atoms with Crippen molar-refractivity contribution in [1.29, 1.82) is 0 Å². The number of nitrogens with zero attached hydrogens (tertiary/aromatic N) is 1. The number of fused-ring (bicyclic) bond motifs is 3. The van der Waals surface area contributed by atoms with Crippen LogP contribution in [0.2, 0.25) is 5.02 Å². The molecule has 4 rings (SSSR count). The van der Waals surface area contributed by atoms with Gasteiger partial charge in [-0.05, 0) is 22.3 Å². The van der Waals surface area contributed by atoms with Crippen molar-refractivity contribution < 1.29 is 13.9 Å². The maximum absolute atomic E-state index is 13.1. The van der Waals surface area contributed by atoms with Gasteiger partial charge in [-0.3, -0.25) is 0 Å². The number of benzene rings is 2. The quantitative estimate of drug-likeness (QED) is 0.503. The molecule has 0 atom stereocenters. The van der Waals surface area contributed by atoms with Crippen LogP contribution < -0.4 is 5.32 Å². The molecule has 1 N–H and O–H groups in total. The monoisotopic (exact) mass is 406 g/mol. The molecule has 1 aliphatic rings. The maximum Gasteiger partial charge on any atom is 0.407 e. The maximum atomic E-state index is 13.1. The van der Waals surface area contributed by atoms with Gasteiger partial charge in [0.25, 0.3) is 0 Å². The zero-order valence-electron chi connectivity index (χ0n) is 15.3. The molecule has 0 bridgehead atoms. The van der Waals surface area contributed by atoms with E-state index in [-0.39, 0.29) is 24.1 Å². The van der Waals surface area contributed by atoms with Crippen molar-refractivity contribution in [3.05, 3.63) is 88.5 Å². The number of ether oxygens (including phenoxy) is 1. The molecule has 1 heterocycles. The Hall–Kier alpha value is -3.36. The molecule has 1 aliphatic carbocycles. The molecule has 6 heteroatoms. The number of amides is 1. The van der Waals surface area contributed by atoms with Gasteiger partial charge in [0.05, 0.1) is 11.6 Å². The van der Waals surface area contributed by atoms with E-state index in [1.807, 2.05) is 24.3 Å². The number of pyridine rings is 1. The van der Waals surface area contributed by atoms with Crippen molar-refractivity contribution >= 4 is 17.7 Å². The van der Waals surface area contributed by atoms with Crippen LogP contribution in [0.25, 0.3) is 11.1 Å². The van der Waals surface area contributed by atoms with Crippen LogP contribution in [0.1, 0.15) is 22.6 Å². The van der Waals surface area contributed by atoms with Crippen LogP contribution in [0.3, 0.4) is 0 Å². The topological polar surface area (TPSA) is 51.2 Å². The number of hydrogen-bond donors (Lipinski definition) is 1. The summed E-state index contributed by atoms with van der Waals surface area (Å²) in [5.74, 6) is 4.75. The fourth-order valence-electron chi connectivity index (χ4n) is 3.41. The zero-order valence-corrected chi connectivity index (χ0v) is 16.0. The van der Waals surface area contributed by atoms with E-state index in [1.54, 1.807) is 0 Å². The van der Waals surface area contributed by atoms with E-state index >= 15 is 0 Å². The van der Waals surface area contributed by atoms with Crippen molar-refractivity contribution in [3.63, 3.8) is 0 Å². The van der Waals surface area contributed by atoms with Gasteiger partial charge >= 0.3 is 6.09 Å². The second-order valence-electron chi connectivity index (χ2n) is 6.47. The molecule has 0 radical (unpaired) electrons. The molecule has 0 saturated heterocycles. The minimum Gasteiger partial charge on any atom is -0.449 e. The third kappa shape index (κ3) is 4.08. The summed E-state index contributed by atoms with van der Waals surface area (Å²) in [4.78, 5) is 15.5. The molecule has 1 aromatic heterocycles. The molecule has 0 fully saturated rings. The summed E-state index contributed by atoms with van der Waals surface area (Å²) in [6.07, 6.45) is 0.632. The molecule has 0 spiro atoms. The Morgan fingerprint density at radius 2 is 1.79 bits per heavy atom. The average molecular weight is 407 g/mol. The lowest BCUT2D eigenvalue weighted by molar-refractivity contribution is 0.144. The Bertz CT molecular complexity index is 1090. The first-order valence-electron chi connectivity index (χ1n) is 9.02. The van der Waals surface area contributed by atoms with Crippen molar-refractivity contribution in [1.82, 2.24) is 10.3 Å². The van der Waals surface area contributed by atoms with Gasteiger partial charge in [-0.2, -0.15) is 4.39 Å². The third-order valence-corrected chi connectivity index (χ3v) is 5.01. The number of carbonyl (C=O) groups excluding carboxylic acids is 1. The largest absolute Gasteiger partial charge is 0.449 e. The van der Waals surface area contributed by atoms with Gasteiger partial charge in [-0.15, -0.1) is 0 Å². The van der Waals surface area contributed by atoms with Crippen LogP contribution >= 0.6 is 11.6 Å². The van der Waals surface area contributed by atoms with Crippen LogP contribution in [0.5, 0.6) is 0 Å². The molecule has 0 aliphatic heterocycles. The average Bonchev–Trinajstić information content (AvgIpc) is 3.06. The van der Waals surface area contributed by atoms with Crippen molar-refractivity contribution in [2.75, 3.05) is 13.2 Å². The number of nitrogens with one attached hydrogen (secondary N) is 1. The van der Waals surface area contributed by atoms with Gasteiger partial charge < -0.3 is 10.1 Å². The molecular weight excluding hydrogens is 391 g/mol. The number of halogens is 2. The Kier molecular flexibility index (Phi) is 5.46. The van der Waals surface area contributed by atoms with Gasteiger partial charge in [0.1, 0.15) is 6.61 Å². The van der Waals surface area contributed by atoms with Crippen molar-refractivity contribution in [2.45, 2.75) is 5.92 Å². The zero-order chi connectivity index (χ0) is 20.2. The lowest BCUT2D eigenvalue weighted by Crippen LogP contribution is -2.26. The molecule has 4 nitrogen and oxygen atoms in total. The van der Waals surface area contributed by atoms with Crippen molar-refractivity contribution in [3.8, 4) is 23.0 Å². The van der Waals surface area contributed by atoms with E-state index in [4.69, 9.17) is 16.3 Å². The molecule has 0 unspecified atom stereocenters. The van der Waals surface area contributed by atoms with Gasteiger partial charge in [0, 0.05) is 23.7 Å². The minimum absolute atomic E-state index is 0.00200. The van der Waals surface area contributed by atoms with Crippen LogP contribution in [0.15, 0.2) is 60.8 Å². The van der Waals surface area contributed by atoms with Gasteiger partial charge in [0.2, 0.25) is 5.95 Å². The summed E-state index contributed by atoms with van der Waals surface area (Å²) in [7, 11) is 0. The normalized spacial score (nSPS) is 11.8. The van der Waals surface area contributed by atoms with Crippen LogP contribution in [-0.4, -0.2) is 24.2 Å². The predicted octanol–water partition coefficient (Wildman–Crippen LogP) is 4.76. The lowest BCUT2D eigenvalue weighted by atomic mass is 9.98. The number of hydrogen-bond acceptors (Lipinski definition) is 3. The smallest absolute Gasteiger partial charge is 0.407 e. The first kappa shape index (κ1) is 19.0. The lowest BCUT2D eigenvalue weighted by Gasteiger charge is -2.14. The summed E-state index contributed by atoms with van der Waals surface area (Å²) in [5.41, 5.74) is 4.95. The Morgan fingerprint density at radius 1 is 1.14 bits per heavy atom. The van der Waals surface area contributed by atoms with Gasteiger partial charge in [0.15, 0.2) is 0 Å². The van der Waals surface area contributed by atoms with Gasteiger partial charge in [-0.25, -0.2) is 9.78 Å². The Balaban J connectivity index is 1.36.